The molecule has 0 saturated carbocycles. The summed E-state index contributed by atoms with van der Waals surface area (Å²) in [7, 11) is 0. The first-order chi connectivity index (χ1) is 14.4. The fourth-order valence-electron chi connectivity index (χ4n) is 2.83. The van der Waals surface area contributed by atoms with Gasteiger partial charge >= 0.3 is 5.97 Å². The number of hydrogen-bond acceptors (Lipinski definition) is 6. The predicted molar refractivity (Wildman–Crippen MR) is 116 cm³/mol. The van der Waals surface area contributed by atoms with Crippen molar-refractivity contribution >= 4 is 5.97 Å². The van der Waals surface area contributed by atoms with E-state index >= 15 is 0 Å². The van der Waals surface area contributed by atoms with Crippen LogP contribution in [0.3, 0.4) is 0 Å². The van der Waals surface area contributed by atoms with Gasteiger partial charge in [-0.1, -0.05) is 36.4 Å². The molecule has 3 aromatic rings. The van der Waals surface area contributed by atoms with Gasteiger partial charge in [0.2, 0.25) is 0 Å². The van der Waals surface area contributed by atoms with Crippen molar-refractivity contribution < 1.29 is 14.3 Å². The quantitative estimate of drug-likeness (QED) is 0.568. The Labute approximate surface area is 177 Å². The Kier molecular flexibility index (Phi) is 7.14. The van der Waals surface area contributed by atoms with E-state index in [1.54, 1.807) is 18.5 Å². The summed E-state index contributed by atoms with van der Waals surface area (Å²) in [6.45, 7) is 6.82. The number of esters is 1. The first-order valence-electron chi connectivity index (χ1n) is 9.90. The highest BCUT2D eigenvalue weighted by Gasteiger charge is 2.16. The van der Waals surface area contributed by atoms with Crippen molar-refractivity contribution in [1.82, 2.24) is 15.3 Å². The lowest BCUT2D eigenvalue weighted by Gasteiger charge is -2.19. The lowest BCUT2D eigenvalue weighted by Crippen LogP contribution is -2.27. The van der Waals surface area contributed by atoms with Crippen LogP contribution in [0.25, 0.3) is 11.4 Å². The Hall–Kier alpha value is -3.25. The molecule has 1 N–H and O–H groups in total. The average molecular weight is 405 g/mol. The molecule has 0 aliphatic heterocycles. The number of nitrogens with zero attached hydrogens (tertiary/aromatic N) is 2. The summed E-state index contributed by atoms with van der Waals surface area (Å²) in [4.78, 5) is 20.3. The minimum Gasteiger partial charge on any atom is -0.482 e. The molecule has 0 saturated heterocycles. The van der Waals surface area contributed by atoms with Gasteiger partial charge in [0.25, 0.3) is 0 Å². The zero-order valence-corrected chi connectivity index (χ0v) is 17.6. The maximum absolute atomic E-state index is 11.8. The van der Waals surface area contributed by atoms with Crippen LogP contribution in [-0.4, -0.2) is 28.1 Å². The molecule has 0 spiro atoms. The third-order valence-electron chi connectivity index (χ3n) is 4.11. The van der Waals surface area contributed by atoms with Crippen molar-refractivity contribution in [3.63, 3.8) is 0 Å². The molecule has 0 amide bonds. The van der Waals surface area contributed by atoms with E-state index in [0.29, 0.717) is 12.3 Å². The van der Waals surface area contributed by atoms with Crippen molar-refractivity contribution in [2.24, 2.45) is 0 Å². The van der Waals surface area contributed by atoms with Gasteiger partial charge in [0.05, 0.1) is 0 Å². The molecule has 3 rings (SSSR count). The predicted octanol–water partition coefficient (Wildman–Crippen LogP) is 4.15. The van der Waals surface area contributed by atoms with Gasteiger partial charge in [-0.15, -0.1) is 0 Å². The van der Waals surface area contributed by atoms with E-state index in [9.17, 15) is 4.79 Å². The Morgan fingerprint density at radius 3 is 2.33 bits per heavy atom. The van der Waals surface area contributed by atoms with Crippen LogP contribution < -0.4 is 10.1 Å². The lowest BCUT2D eigenvalue weighted by atomic mass is 10.1. The highest BCUT2D eigenvalue weighted by Crippen LogP contribution is 2.16. The minimum absolute atomic E-state index is 0.106. The van der Waals surface area contributed by atoms with Gasteiger partial charge in [-0.3, -0.25) is 0 Å². The zero-order valence-electron chi connectivity index (χ0n) is 17.6. The third-order valence-corrected chi connectivity index (χ3v) is 4.11. The summed E-state index contributed by atoms with van der Waals surface area (Å²) < 4.78 is 10.8. The van der Waals surface area contributed by atoms with Crippen LogP contribution in [0.15, 0.2) is 67.0 Å². The van der Waals surface area contributed by atoms with Crippen LogP contribution in [-0.2, 0) is 22.6 Å². The van der Waals surface area contributed by atoms with E-state index in [1.807, 2.05) is 57.2 Å². The number of carbonyl (C=O) groups excluding carboxylic acids is 1. The number of hydrogen-bond donors (Lipinski definition) is 1. The molecule has 0 aliphatic carbocycles. The molecule has 30 heavy (non-hydrogen) atoms. The number of ether oxygens (including phenoxy) is 2. The lowest BCUT2D eigenvalue weighted by molar-refractivity contribution is -0.157. The second-order valence-corrected chi connectivity index (χ2v) is 7.90. The summed E-state index contributed by atoms with van der Waals surface area (Å²) >= 11 is 0. The Morgan fingerprint density at radius 1 is 0.933 bits per heavy atom. The third kappa shape index (κ3) is 6.97. The normalized spacial score (nSPS) is 11.2. The molecule has 0 fully saturated rings. The standard InChI is InChI=1S/C24H27N3O3/c1-24(2,3)30-22(28)17-29-21-7-4-6-19(14-21)16-25-15-18-8-10-20(11-9-18)23-26-12-5-13-27-23/h4-14,25H,15-17H2,1-3H3. The van der Waals surface area contributed by atoms with Gasteiger partial charge in [-0.25, -0.2) is 14.8 Å². The molecule has 0 bridgehead atoms. The fourth-order valence-corrected chi connectivity index (χ4v) is 2.83. The maximum atomic E-state index is 11.8. The minimum atomic E-state index is -0.515. The number of benzene rings is 2. The van der Waals surface area contributed by atoms with Crippen molar-refractivity contribution in [3.8, 4) is 17.1 Å². The van der Waals surface area contributed by atoms with Crippen LogP contribution in [0, 0.1) is 0 Å². The molecule has 0 aliphatic rings. The van der Waals surface area contributed by atoms with Crippen LogP contribution in [0.1, 0.15) is 31.9 Å². The van der Waals surface area contributed by atoms with E-state index in [1.165, 1.54) is 5.56 Å². The Balaban J connectivity index is 1.47. The molecular weight excluding hydrogens is 378 g/mol. The first-order valence-corrected chi connectivity index (χ1v) is 9.90. The largest absolute Gasteiger partial charge is 0.482 e. The van der Waals surface area contributed by atoms with Gasteiger partial charge < -0.3 is 14.8 Å². The summed E-state index contributed by atoms with van der Waals surface area (Å²) in [5, 5.41) is 3.42. The number of aromatic nitrogens is 2. The van der Waals surface area contributed by atoms with Gasteiger partial charge in [0, 0.05) is 31.0 Å². The smallest absolute Gasteiger partial charge is 0.344 e. The Morgan fingerprint density at radius 2 is 1.63 bits per heavy atom. The van der Waals surface area contributed by atoms with E-state index in [0.717, 1.165) is 23.5 Å². The van der Waals surface area contributed by atoms with Crippen molar-refractivity contribution in [2.45, 2.75) is 39.5 Å². The summed E-state index contributed by atoms with van der Waals surface area (Å²) in [5.41, 5.74) is 2.73. The average Bonchev–Trinajstić information content (AvgIpc) is 2.73. The molecule has 1 heterocycles. The molecular formula is C24H27N3O3. The molecule has 1 aromatic heterocycles. The van der Waals surface area contributed by atoms with Crippen molar-refractivity contribution in [3.05, 3.63) is 78.1 Å². The van der Waals surface area contributed by atoms with Crippen molar-refractivity contribution in [1.29, 1.82) is 0 Å². The number of nitrogens with one attached hydrogen (secondary N) is 1. The highest BCUT2D eigenvalue weighted by molar-refractivity contribution is 5.71. The van der Waals surface area contributed by atoms with Crippen LogP contribution >= 0.6 is 0 Å². The van der Waals surface area contributed by atoms with Gasteiger partial charge in [-0.05, 0) is 50.1 Å². The number of rotatable bonds is 8. The van der Waals surface area contributed by atoms with E-state index < -0.39 is 5.60 Å². The fraction of sp³-hybridized carbons (Fsp3) is 0.292. The topological polar surface area (TPSA) is 73.3 Å². The Bertz CT molecular complexity index is 951. The van der Waals surface area contributed by atoms with Crippen LogP contribution in [0.2, 0.25) is 0 Å². The molecule has 2 aromatic carbocycles. The molecule has 6 heteroatoms. The molecule has 156 valence electrons. The highest BCUT2D eigenvalue weighted by atomic mass is 16.6. The monoisotopic (exact) mass is 405 g/mol. The summed E-state index contributed by atoms with van der Waals surface area (Å²) in [5.74, 6) is 0.989. The summed E-state index contributed by atoms with van der Waals surface area (Å²) in [6, 6.07) is 17.7. The molecule has 0 radical (unpaired) electrons. The molecule has 6 nitrogen and oxygen atoms in total. The van der Waals surface area contributed by atoms with E-state index in [4.69, 9.17) is 9.47 Å². The maximum Gasteiger partial charge on any atom is 0.344 e. The zero-order chi connectivity index (χ0) is 21.4. The number of carbonyl (C=O) groups is 1. The molecule has 0 unspecified atom stereocenters. The van der Waals surface area contributed by atoms with Gasteiger partial charge in [0.1, 0.15) is 11.4 Å². The second-order valence-electron chi connectivity index (χ2n) is 7.90. The van der Waals surface area contributed by atoms with E-state index in [2.05, 4.69) is 27.4 Å². The van der Waals surface area contributed by atoms with E-state index in [-0.39, 0.29) is 12.6 Å². The SMILES string of the molecule is CC(C)(C)OC(=O)COc1cccc(CNCc2ccc(-c3ncccn3)cc2)c1. The first kappa shape index (κ1) is 21.5. The van der Waals surface area contributed by atoms with Gasteiger partial charge in [0.15, 0.2) is 12.4 Å². The van der Waals surface area contributed by atoms with Crippen LogP contribution in [0.5, 0.6) is 5.75 Å². The van der Waals surface area contributed by atoms with Gasteiger partial charge in [-0.2, -0.15) is 0 Å². The molecule has 0 atom stereocenters. The second kappa shape index (κ2) is 9.98. The summed E-state index contributed by atoms with van der Waals surface area (Å²) in [6.07, 6.45) is 3.48. The van der Waals surface area contributed by atoms with Crippen LogP contribution in [0.4, 0.5) is 0 Å². The van der Waals surface area contributed by atoms with Crippen molar-refractivity contribution in [2.75, 3.05) is 6.61 Å².